The summed E-state index contributed by atoms with van der Waals surface area (Å²) < 4.78 is 0. The zero-order valence-electron chi connectivity index (χ0n) is 9.06. The van der Waals surface area contributed by atoms with Gasteiger partial charge in [-0.1, -0.05) is 6.42 Å². The van der Waals surface area contributed by atoms with Crippen molar-refractivity contribution in [2.24, 2.45) is 11.5 Å². The molecule has 0 aliphatic carbocycles. The zero-order valence-corrected chi connectivity index (χ0v) is 9.06. The van der Waals surface area contributed by atoms with Crippen molar-refractivity contribution in [3.63, 3.8) is 0 Å². The van der Waals surface area contributed by atoms with Crippen molar-refractivity contribution in [3.05, 3.63) is 0 Å². The van der Waals surface area contributed by atoms with Gasteiger partial charge in [-0.05, 0) is 38.8 Å². The number of aliphatic carboxylic acids is 1. The van der Waals surface area contributed by atoms with Crippen molar-refractivity contribution in [1.29, 1.82) is 0 Å². The molecule has 1 fully saturated rings. The van der Waals surface area contributed by atoms with E-state index in [4.69, 9.17) is 16.6 Å². The number of piperidine rings is 1. The maximum absolute atomic E-state index is 10.5. The average molecular weight is 215 g/mol. The van der Waals surface area contributed by atoms with E-state index in [-0.39, 0.29) is 6.17 Å². The molecular weight excluding hydrogens is 194 g/mol. The Labute approximate surface area is 90.4 Å². The number of nitrogens with zero attached hydrogens (tertiary/aromatic N) is 1. The lowest BCUT2D eigenvalue weighted by Gasteiger charge is -2.32. The molecule has 1 aliphatic rings. The lowest BCUT2D eigenvalue weighted by molar-refractivity contribution is -0.138. The molecule has 0 saturated carbocycles. The van der Waals surface area contributed by atoms with Crippen LogP contribution in [0.2, 0.25) is 0 Å². The predicted octanol–water partition coefficient (Wildman–Crippen LogP) is -0.0508. The lowest BCUT2D eigenvalue weighted by atomic mass is 10.1. The zero-order chi connectivity index (χ0) is 11.3. The fourth-order valence-corrected chi connectivity index (χ4v) is 1.91. The molecular formula is C10H21N3O2. The van der Waals surface area contributed by atoms with Gasteiger partial charge in [0.15, 0.2) is 0 Å². The van der Waals surface area contributed by atoms with E-state index in [1.807, 2.05) is 0 Å². The van der Waals surface area contributed by atoms with Crippen LogP contribution in [0.4, 0.5) is 0 Å². The number of carbonyl (C=O) groups is 1. The Balaban J connectivity index is 2.22. The summed E-state index contributed by atoms with van der Waals surface area (Å²) in [6.45, 7) is 2.06. The van der Waals surface area contributed by atoms with E-state index in [2.05, 4.69) is 4.90 Å². The third kappa shape index (κ3) is 4.15. The molecule has 0 aromatic heterocycles. The maximum Gasteiger partial charge on any atom is 0.320 e. The van der Waals surface area contributed by atoms with E-state index < -0.39 is 12.0 Å². The molecule has 88 valence electrons. The molecule has 0 bridgehead atoms. The molecule has 2 atom stereocenters. The fourth-order valence-electron chi connectivity index (χ4n) is 1.91. The topological polar surface area (TPSA) is 92.6 Å². The van der Waals surface area contributed by atoms with Crippen LogP contribution in [0.3, 0.4) is 0 Å². The first-order valence-electron chi connectivity index (χ1n) is 5.59. The molecule has 2 unspecified atom stereocenters. The number of nitrogens with two attached hydrogens (primary N) is 2. The minimum absolute atomic E-state index is 0.0318. The highest BCUT2D eigenvalue weighted by Gasteiger charge is 2.19. The maximum atomic E-state index is 10.5. The number of likely N-dealkylation sites (tertiary alicyclic amines) is 1. The largest absolute Gasteiger partial charge is 0.480 e. The quantitative estimate of drug-likeness (QED) is 0.598. The van der Waals surface area contributed by atoms with Crippen molar-refractivity contribution in [2.75, 3.05) is 13.1 Å². The van der Waals surface area contributed by atoms with Gasteiger partial charge in [0.2, 0.25) is 0 Å². The number of carboxylic acid groups (broad SMARTS) is 1. The van der Waals surface area contributed by atoms with Crippen molar-refractivity contribution >= 4 is 5.97 Å². The van der Waals surface area contributed by atoms with Crippen LogP contribution in [-0.4, -0.2) is 41.3 Å². The van der Waals surface area contributed by atoms with Crippen molar-refractivity contribution in [2.45, 2.75) is 44.3 Å². The third-order valence-corrected chi connectivity index (χ3v) is 2.95. The number of hydrogen-bond acceptors (Lipinski definition) is 4. The van der Waals surface area contributed by atoms with Crippen LogP contribution in [0.5, 0.6) is 0 Å². The summed E-state index contributed by atoms with van der Waals surface area (Å²) in [6.07, 6.45) is 4.74. The Bertz CT molecular complexity index is 205. The molecule has 0 aromatic rings. The first-order chi connectivity index (χ1) is 7.11. The summed E-state index contributed by atoms with van der Waals surface area (Å²) in [5, 5.41) is 8.63. The van der Waals surface area contributed by atoms with E-state index in [0.717, 1.165) is 13.1 Å². The first-order valence-corrected chi connectivity index (χ1v) is 5.59. The molecule has 0 aromatic carbocycles. The summed E-state index contributed by atoms with van der Waals surface area (Å²) in [5.41, 5.74) is 11.4. The lowest BCUT2D eigenvalue weighted by Crippen LogP contribution is -2.46. The van der Waals surface area contributed by atoms with Crippen LogP contribution in [0, 0.1) is 0 Å². The Kier molecular flexibility index (Phi) is 5.01. The van der Waals surface area contributed by atoms with Gasteiger partial charge in [-0.15, -0.1) is 0 Å². The average Bonchev–Trinajstić information content (AvgIpc) is 2.26. The van der Waals surface area contributed by atoms with Crippen molar-refractivity contribution in [1.82, 2.24) is 4.90 Å². The smallest absolute Gasteiger partial charge is 0.320 e. The minimum atomic E-state index is -0.944. The van der Waals surface area contributed by atoms with Gasteiger partial charge >= 0.3 is 5.97 Å². The van der Waals surface area contributed by atoms with Crippen LogP contribution in [-0.2, 0) is 4.79 Å². The summed E-state index contributed by atoms with van der Waals surface area (Å²) in [5.74, 6) is -0.944. The second-order valence-corrected chi connectivity index (χ2v) is 4.19. The third-order valence-electron chi connectivity index (χ3n) is 2.95. The molecule has 5 N–H and O–H groups in total. The number of carboxylic acids is 1. The highest BCUT2D eigenvalue weighted by atomic mass is 16.4. The van der Waals surface area contributed by atoms with E-state index in [0.29, 0.717) is 12.8 Å². The molecule has 15 heavy (non-hydrogen) atoms. The second-order valence-electron chi connectivity index (χ2n) is 4.19. The van der Waals surface area contributed by atoms with Crippen LogP contribution >= 0.6 is 0 Å². The second kappa shape index (κ2) is 6.05. The van der Waals surface area contributed by atoms with Gasteiger partial charge in [0.1, 0.15) is 6.04 Å². The number of rotatable bonds is 5. The fraction of sp³-hybridized carbons (Fsp3) is 0.900. The number of hydrogen-bond donors (Lipinski definition) is 3. The van der Waals surface area contributed by atoms with Crippen molar-refractivity contribution < 1.29 is 9.90 Å². The first kappa shape index (κ1) is 12.4. The summed E-state index contributed by atoms with van der Waals surface area (Å²) in [4.78, 5) is 12.7. The van der Waals surface area contributed by atoms with E-state index >= 15 is 0 Å². The van der Waals surface area contributed by atoms with E-state index in [1.54, 1.807) is 0 Å². The Morgan fingerprint density at radius 1 is 1.20 bits per heavy atom. The van der Waals surface area contributed by atoms with Gasteiger partial charge in [0.05, 0.1) is 6.17 Å². The molecule has 5 nitrogen and oxygen atoms in total. The van der Waals surface area contributed by atoms with Gasteiger partial charge in [0, 0.05) is 0 Å². The van der Waals surface area contributed by atoms with Crippen LogP contribution in [0.1, 0.15) is 32.1 Å². The van der Waals surface area contributed by atoms with Gasteiger partial charge in [-0.3, -0.25) is 9.69 Å². The Morgan fingerprint density at radius 2 is 1.80 bits per heavy atom. The monoisotopic (exact) mass is 215 g/mol. The van der Waals surface area contributed by atoms with Crippen molar-refractivity contribution in [3.8, 4) is 0 Å². The molecule has 1 saturated heterocycles. The molecule has 1 rings (SSSR count). The Hall–Kier alpha value is -0.650. The van der Waals surface area contributed by atoms with Gasteiger partial charge in [-0.25, -0.2) is 0 Å². The molecule has 1 heterocycles. The Morgan fingerprint density at radius 3 is 2.33 bits per heavy atom. The van der Waals surface area contributed by atoms with Gasteiger partial charge in [-0.2, -0.15) is 0 Å². The SMILES string of the molecule is NC(CCC(N)N1CCCCC1)C(=O)O. The molecule has 0 spiro atoms. The van der Waals surface area contributed by atoms with Gasteiger partial charge < -0.3 is 16.6 Å². The summed E-state index contributed by atoms with van der Waals surface area (Å²) in [6, 6.07) is -0.777. The van der Waals surface area contributed by atoms with Gasteiger partial charge in [0.25, 0.3) is 0 Å². The normalized spacial score (nSPS) is 22.3. The molecule has 0 amide bonds. The highest BCUT2D eigenvalue weighted by molar-refractivity contribution is 5.72. The molecule has 1 aliphatic heterocycles. The predicted molar refractivity (Wildman–Crippen MR) is 58.2 cm³/mol. The molecule has 5 heteroatoms. The van der Waals surface area contributed by atoms with Crippen LogP contribution in [0.25, 0.3) is 0 Å². The minimum Gasteiger partial charge on any atom is -0.480 e. The highest BCUT2D eigenvalue weighted by Crippen LogP contribution is 2.12. The standard InChI is InChI=1S/C10H21N3O2/c11-8(10(14)15)4-5-9(12)13-6-2-1-3-7-13/h8-9H,1-7,11-12H2,(H,14,15). The molecule has 0 radical (unpaired) electrons. The van der Waals surface area contributed by atoms with Crippen LogP contribution < -0.4 is 11.5 Å². The summed E-state index contributed by atoms with van der Waals surface area (Å²) in [7, 11) is 0. The van der Waals surface area contributed by atoms with E-state index in [1.165, 1.54) is 19.3 Å². The summed E-state index contributed by atoms with van der Waals surface area (Å²) >= 11 is 0. The van der Waals surface area contributed by atoms with E-state index in [9.17, 15) is 4.79 Å². The van der Waals surface area contributed by atoms with Crippen LogP contribution in [0.15, 0.2) is 0 Å².